The minimum Gasteiger partial charge on any atom is -0.493 e. The zero-order valence-electron chi connectivity index (χ0n) is 16.9. The molecule has 4 nitrogen and oxygen atoms in total. The highest BCUT2D eigenvalue weighted by Gasteiger charge is 2.24. The maximum Gasteiger partial charge on any atom is 0.127 e. The van der Waals surface area contributed by atoms with Crippen LogP contribution in [0.4, 0.5) is 5.82 Å². The zero-order chi connectivity index (χ0) is 18.6. The molecule has 4 rings (SSSR count). The number of hydrogen-bond acceptors (Lipinski definition) is 3. The average molecular weight is 368 g/mol. The topological polar surface area (TPSA) is 30.3 Å². The average Bonchev–Trinajstić information content (AvgIpc) is 3.41. The van der Waals surface area contributed by atoms with Crippen molar-refractivity contribution in [3.8, 4) is 5.75 Å². The summed E-state index contributed by atoms with van der Waals surface area (Å²) in [6, 6.07) is 10.9. The second-order valence-electron chi connectivity index (χ2n) is 8.70. The quantitative estimate of drug-likeness (QED) is 0.664. The van der Waals surface area contributed by atoms with Crippen molar-refractivity contribution in [2.75, 3.05) is 24.6 Å². The lowest BCUT2D eigenvalue weighted by Crippen LogP contribution is -2.31. The summed E-state index contributed by atoms with van der Waals surface area (Å²) in [5.74, 6) is 3.69. The van der Waals surface area contributed by atoms with Gasteiger partial charge in [0.05, 0.1) is 18.8 Å². The van der Waals surface area contributed by atoms with E-state index in [2.05, 4.69) is 53.8 Å². The summed E-state index contributed by atoms with van der Waals surface area (Å²) in [7, 11) is 0. The number of anilines is 1. The van der Waals surface area contributed by atoms with Crippen molar-refractivity contribution in [2.24, 2.45) is 11.8 Å². The van der Waals surface area contributed by atoms with E-state index in [-0.39, 0.29) is 0 Å². The van der Waals surface area contributed by atoms with Gasteiger partial charge in [-0.25, -0.2) is 4.68 Å². The molecule has 1 aromatic heterocycles. The van der Waals surface area contributed by atoms with Crippen LogP contribution in [0.25, 0.3) is 0 Å². The Labute approximate surface area is 163 Å². The van der Waals surface area contributed by atoms with Crippen molar-refractivity contribution < 1.29 is 4.74 Å². The molecule has 0 unspecified atom stereocenters. The number of rotatable bonds is 8. The van der Waals surface area contributed by atoms with Gasteiger partial charge < -0.3 is 9.64 Å². The maximum atomic E-state index is 5.82. The zero-order valence-corrected chi connectivity index (χ0v) is 16.9. The second kappa shape index (κ2) is 8.37. The largest absolute Gasteiger partial charge is 0.493 e. The van der Waals surface area contributed by atoms with Crippen molar-refractivity contribution >= 4 is 5.82 Å². The van der Waals surface area contributed by atoms with Crippen LogP contribution in [-0.2, 0) is 13.0 Å². The highest BCUT2D eigenvalue weighted by molar-refractivity contribution is 5.42. The SMILES string of the molecule is CC(C)COc1ccc(Cn2nc(CC3CC3)cc2N2CCCCC2)cc1. The van der Waals surface area contributed by atoms with Crippen LogP contribution in [0.3, 0.4) is 0 Å². The molecule has 0 N–H and O–H groups in total. The van der Waals surface area contributed by atoms with Gasteiger partial charge in [-0.2, -0.15) is 5.10 Å². The minimum absolute atomic E-state index is 0.547. The normalized spacial score (nSPS) is 17.5. The summed E-state index contributed by atoms with van der Waals surface area (Å²) < 4.78 is 8.04. The van der Waals surface area contributed by atoms with Gasteiger partial charge in [-0.05, 0) is 68.1 Å². The lowest BCUT2D eigenvalue weighted by atomic mass is 10.1. The Morgan fingerprint density at radius 3 is 2.48 bits per heavy atom. The van der Waals surface area contributed by atoms with E-state index in [0.29, 0.717) is 5.92 Å². The predicted octanol–water partition coefficient (Wildman–Crippen LogP) is 4.91. The van der Waals surface area contributed by atoms with Crippen LogP contribution in [-0.4, -0.2) is 29.5 Å². The molecule has 2 aromatic rings. The standard InChI is InChI=1S/C23H33N3O/c1-18(2)17-27-22-10-8-20(9-11-22)16-26-23(25-12-4-3-5-13-25)15-21(24-26)14-19-6-7-19/h8-11,15,18-19H,3-7,12-14,16-17H2,1-2H3. The Morgan fingerprint density at radius 1 is 1.07 bits per heavy atom. The molecule has 1 aliphatic carbocycles. The highest BCUT2D eigenvalue weighted by atomic mass is 16.5. The first-order valence-corrected chi connectivity index (χ1v) is 10.7. The van der Waals surface area contributed by atoms with Gasteiger partial charge in [0.15, 0.2) is 0 Å². The van der Waals surface area contributed by atoms with Gasteiger partial charge >= 0.3 is 0 Å². The van der Waals surface area contributed by atoms with Crippen LogP contribution in [0.15, 0.2) is 30.3 Å². The second-order valence-corrected chi connectivity index (χ2v) is 8.70. The molecule has 1 saturated carbocycles. The smallest absolute Gasteiger partial charge is 0.127 e. The van der Waals surface area contributed by atoms with Gasteiger partial charge in [0.25, 0.3) is 0 Å². The molecule has 146 valence electrons. The van der Waals surface area contributed by atoms with Crippen LogP contribution < -0.4 is 9.64 Å². The first kappa shape index (κ1) is 18.4. The lowest BCUT2D eigenvalue weighted by molar-refractivity contribution is 0.271. The Kier molecular flexibility index (Phi) is 5.70. The monoisotopic (exact) mass is 367 g/mol. The molecule has 0 bridgehead atoms. The molecular weight excluding hydrogens is 334 g/mol. The molecule has 1 saturated heterocycles. The van der Waals surface area contributed by atoms with Gasteiger partial charge in [0, 0.05) is 19.2 Å². The Balaban J connectivity index is 1.48. The molecular formula is C23H33N3O. The van der Waals surface area contributed by atoms with Gasteiger partial charge in [0.2, 0.25) is 0 Å². The lowest BCUT2D eigenvalue weighted by Gasteiger charge is -2.28. The molecule has 27 heavy (non-hydrogen) atoms. The summed E-state index contributed by atoms with van der Waals surface area (Å²) in [5, 5.41) is 4.99. The highest BCUT2D eigenvalue weighted by Crippen LogP contribution is 2.33. The van der Waals surface area contributed by atoms with Crippen LogP contribution in [0.5, 0.6) is 5.75 Å². The van der Waals surface area contributed by atoms with E-state index < -0.39 is 0 Å². The Morgan fingerprint density at radius 2 is 1.81 bits per heavy atom. The molecule has 2 aliphatic rings. The van der Waals surface area contributed by atoms with Crippen molar-refractivity contribution in [3.05, 3.63) is 41.6 Å². The van der Waals surface area contributed by atoms with Gasteiger partial charge in [-0.1, -0.05) is 26.0 Å². The summed E-state index contributed by atoms with van der Waals surface area (Å²) in [6.07, 6.45) is 7.86. The summed E-state index contributed by atoms with van der Waals surface area (Å²) in [5.41, 5.74) is 2.56. The van der Waals surface area contributed by atoms with Crippen LogP contribution in [0.2, 0.25) is 0 Å². The molecule has 2 heterocycles. The summed E-state index contributed by atoms with van der Waals surface area (Å²) in [4.78, 5) is 2.53. The molecule has 0 amide bonds. The molecule has 4 heteroatoms. The van der Waals surface area contributed by atoms with Crippen molar-refractivity contribution in [3.63, 3.8) is 0 Å². The van der Waals surface area contributed by atoms with E-state index >= 15 is 0 Å². The fraction of sp³-hybridized carbons (Fsp3) is 0.609. The fourth-order valence-electron chi connectivity index (χ4n) is 3.80. The molecule has 0 atom stereocenters. The van der Waals surface area contributed by atoms with Crippen LogP contribution in [0.1, 0.15) is 57.2 Å². The van der Waals surface area contributed by atoms with E-state index in [1.165, 1.54) is 49.2 Å². The predicted molar refractivity (Wildman–Crippen MR) is 111 cm³/mol. The number of benzene rings is 1. The molecule has 2 fully saturated rings. The number of ether oxygens (including phenoxy) is 1. The van der Waals surface area contributed by atoms with E-state index in [1.807, 2.05) is 0 Å². The van der Waals surface area contributed by atoms with Crippen LogP contribution >= 0.6 is 0 Å². The third-order valence-electron chi connectivity index (χ3n) is 5.52. The van der Waals surface area contributed by atoms with Gasteiger partial charge in [-0.15, -0.1) is 0 Å². The summed E-state index contributed by atoms with van der Waals surface area (Å²) in [6.45, 7) is 8.27. The Hall–Kier alpha value is -1.97. The number of aromatic nitrogens is 2. The van der Waals surface area contributed by atoms with Crippen molar-refractivity contribution in [2.45, 2.75) is 58.9 Å². The number of hydrogen-bond donors (Lipinski definition) is 0. The van der Waals surface area contributed by atoms with Crippen LogP contribution in [0, 0.1) is 11.8 Å². The minimum atomic E-state index is 0.547. The van der Waals surface area contributed by atoms with E-state index in [0.717, 1.165) is 44.3 Å². The van der Waals surface area contributed by atoms with Crippen molar-refractivity contribution in [1.29, 1.82) is 0 Å². The summed E-state index contributed by atoms with van der Waals surface area (Å²) >= 11 is 0. The molecule has 1 aromatic carbocycles. The third kappa shape index (κ3) is 5.06. The third-order valence-corrected chi connectivity index (χ3v) is 5.52. The molecule has 0 spiro atoms. The Bertz CT molecular complexity index is 725. The first-order valence-electron chi connectivity index (χ1n) is 10.7. The maximum absolute atomic E-state index is 5.82. The van der Waals surface area contributed by atoms with E-state index in [1.54, 1.807) is 0 Å². The fourth-order valence-corrected chi connectivity index (χ4v) is 3.80. The first-order chi connectivity index (χ1) is 13.2. The molecule has 1 aliphatic heterocycles. The van der Waals surface area contributed by atoms with Gasteiger partial charge in [0.1, 0.15) is 11.6 Å². The van der Waals surface area contributed by atoms with E-state index in [4.69, 9.17) is 9.84 Å². The van der Waals surface area contributed by atoms with E-state index in [9.17, 15) is 0 Å². The van der Waals surface area contributed by atoms with Gasteiger partial charge in [-0.3, -0.25) is 0 Å². The van der Waals surface area contributed by atoms with Crippen molar-refractivity contribution in [1.82, 2.24) is 9.78 Å². The number of piperidine rings is 1. The molecule has 0 radical (unpaired) electrons. The number of nitrogens with zero attached hydrogens (tertiary/aromatic N) is 3.